The minimum Gasteiger partial charge on any atom is -0.598 e. The minimum atomic E-state index is -1.15. The molecule has 2 atom stereocenters. The lowest BCUT2D eigenvalue weighted by Crippen LogP contribution is -2.50. The van der Waals surface area contributed by atoms with Gasteiger partial charge in [0.2, 0.25) is 5.95 Å². The summed E-state index contributed by atoms with van der Waals surface area (Å²) < 4.78 is 17.7. The normalized spacial score (nSPS) is 21.6. The molecule has 8 heteroatoms. The van der Waals surface area contributed by atoms with Crippen LogP contribution in [0.2, 0.25) is 0 Å². The summed E-state index contributed by atoms with van der Waals surface area (Å²) in [7, 11) is 1.73. The van der Waals surface area contributed by atoms with Crippen LogP contribution >= 0.6 is 0 Å². The lowest BCUT2D eigenvalue weighted by molar-refractivity contribution is 0.175. The topological polar surface area (TPSA) is 99.2 Å². The zero-order valence-corrected chi connectivity index (χ0v) is 19.0. The van der Waals surface area contributed by atoms with Crippen molar-refractivity contribution in [3.05, 3.63) is 51.8 Å². The van der Waals surface area contributed by atoms with Crippen LogP contribution in [0.1, 0.15) is 50.8 Å². The van der Waals surface area contributed by atoms with Crippen LogP contribution < -0.4 is 20.9 Å². The van der Waals surface area contributed by atoms with E-state index >= 15 is 0 Å². The molecule has 1 aromatic heterocycles. The van der Waals surface area contributed by atoms with E-state index in [1.54, 1.807) is 11.6 Å². The van der Waals surface area contributed by atoms with Crippen molar-refractivity contribution in [2.45, 2.75) is 50.8 Å². The van der Waals surface area contributed by atoms with Crippen LogP contribution in [0.15, 0.2) is 35.1 Å². The summed E-state index contributed by atoms with van der Waals surface area (Å²) >= 11 is -1.15. The third-order valence-electron chi connectivity index (χ3n) is 6.48. The minimum absolute atomic E-state index is 0.000285. The average Bonchev–Trinajstić information content (AvgIpc) is 2.98. The molecule has 0 amide bonds. The maximum absolute atomic E-state index is 13.0. The molecule has 162 valence electrons. The Morgan fingerprint density at radius 1 is 1.27 bits per heavy atom. The second kappa shape index (κ2) is 7.59. The Morgan fingerprint density at radius 2 is 1.93 bits per heavy atom. The molecular formula is C22H31N5O2S. The van der Waals surface area contributed by atoms with Gasteiger partial charge in [-0.15, -0.1) is 4.72 Å². The van der Waals surface area contributed by atoms with Crippen LogP contribution in [0.4, 0.5) is 11.8 Å². The third-order valence-corrected chi connectivity index (χ3v) is 8.04. The summed E-state index contributed by atoms with van der Waals surface area (Å²) in [5.41, 5.74) is 8.28. The van der Waals surface area contributed by atoms with Gasteiger partial charge in [-0.1, -0.05) is 24.3 Å². The quantitative estimate of drug-likeness (QED) is 0.727. The van der Waals surface area contributed by atoms with E-state index in [1.807, 2.05) is 20.8 Å². The first-order valence-corrected chi connectivity index (χ1v) is 11.6. The monoisotopic (exact) mass is 429 g/mol. The van der Waals surface area contributed by atoms with Crippen molar-refractivity contribution < 1.29 is 4.55 Å². The first kappa shape index (κ1) is 21.2. The summed E-state index contributed by atoms with van der Waals surface area (Å²) in [4.78, 5) is 18.7. The van der Waals surface area contributed by atoms with Crippen LogP contribution in [0.25, 0.3) is 0 Å². The Kier molecular flexibility index (Phi) is 5.36. The molecule has 1 aliphatic carbocycles. The second-order valence-electron chi connectivity index (χ2n) is 9.54. The fourth-order valence-electron chi connectivity index (χ4n) is 4.71. The van der Waals surface area contributed by atoms with E-state index in [0.29, 0.717) is 5.95 Å². The lowest BCUT2D eigenvalue weighted by atomic mass is 9.73. The van der Waals surface area contributed by atoms with Crippen molar-refractivity contribution in [3.63, 3.8) is 0 Å². The first-order chi connectivity index (χ1) is 14.1. The molecule has 4 rings (SSSR count). The number of fused-ring (bicyclic) bond motifs is 1. The standard InChI is InChI=1S/C22H31N5O2S/c1-21(2,3)30(29)25-19-16-8-6-5-7-15(16)14-22(19)9-11-27(12-10-22)20-24-17(23)13-18(28)26(20)4/h5-8,13,19,25H,9-12,14,23H2,1-4H3/t19-,30-/m1/s1. The number of piperidine rings is 1. The number of nitrogens with one attached hydrogen (secondary N) is 1. The van der Waals surface area contributed by atoms with Crippen LogP contribution in [0.3, 0.4) is 0 Å². The van der Waals surface area contributed by atoms with Gasteiger partial charge < -0.3 is 15.2 Å². The highest BCUT2D eigenvalue weighted by atomic mass is 32.2. The molecule has 0 saturated carbocycles. The number of hydrogen-bond acceptors (Lipinski definition) is 6. The van der Waals surface area contributed by atoms with Crippen molar-refractivity contribution in [1.82, 2.24) is 14.3 Å². The van der Waals surface area contributed by atoms with Gasteiger partial charge in [0.1, 0.15) is 10.6 Å². The Hall–Kier alpha value is -2.03. The predicted octanol–water partition coefficient (Wildman–Crippen LogP) is 2.30. The van der Waals surface area contributed by atoms with Crippen molar-refractivity contribution in [2.75, 3.05) is 23.7 Å². The highest BCUT2D eigenvalue weighted by Crippen LogP contribution is 2.52. The Labute approximate surface area is 181 Å². The summed E-state index contributed by atoms with van der Waals surface area (Å²) in [5.74, 6) is 0.870. The molecule has 7 nitrogen and oxygen atoms in total. The van der Waals surface area contributed by atoms with Gasteiger partial charge in [-0.3, -0.25) is 9.36 Å². The highest BCUT2D eigenvalue weighted by Gasteiger charge is 2.50. The predicted molar refractivity (Wildman–Crippen MR) is 122 cm³/mol. The first-order valence-electron chi connectivity index (χ1n) is 10.5. The Balaban J connectivity index is 1.61. The second-order valence-corrected chi connectivity index (χ2v) is 11.5. The number of rotatable bonds is 3. The smallest absolute Gasteiger partial charge is 0.256 e. The van der Waals surface area contributed by atoms with E-state index < -0.39 is 11.4 Å². The van der Waals surface area contributed by atoms with E-state index in [2.05, 4.69) is 38.9 Å². The maximum atomic E-state index is 13.0. The zero-order valence-electron chi connectivity index (χ0n) is 18.1. The van der Waals surface area contributed by atoms with Crippen LogP contribution in [-0.2, 0) is 24.8 Å². The van der Waals surface area contributed by atoms with Gasteiger partial charge >= 0.3 is 0 Å². The molecule has 1 fully saturated rings. The fourth-order valence-corrected chi connectivity index (χ4v) is 5.65. The molecule has 0 radical (unpaired) electrons. The summed E-state index contributed by atoms with van der Waals surface area (Å²) in [5, 5.41) is 0. The van der Waals surface area contributed by atoms with E-state index in [1.165, 1.54) is 17.2 Å². The van der Waals surface area contributed by atoms with Crippen molar-refractivity contribution >= 4 is 23.1 Å². The van der Waals surface area contributed by atoms with Gasteiger partial charge in [0.05, 0.1) is 6.04 Å². The van der Waals surface area contributed by atoms with Gasteiger partial charge in [0.15, 0.2) is 0 Å². The number of anilines is 2. The fraction of sp³-hybridized carbons (Fsp3) is 0.545. The summed E-state index contributed by atoms with van der Waals surface area (Å²) in [6.07, 6.45) is 2.82. The molecule has 0 bridgehead atoms. The number of nitrogens with two attached hydrogens (primary N) is 1. The Bertz CT molecular complexity index is 992. The van der Waals surface area contributed by atoms with E-state index in [4.69, 9.17) is 5.73 Å². The molecule has 3 N–H and O–H groups in total. The molecule has 30 heavy (non-hydrogen) atoms. The Morgan fingerprint density at radius 3 is 2.60 bits per heavy atom. The molecule has 1 aliphatic heterocycles. The molecule has 2 aliphatic rings. The summed E-state index contributed by atoms with van der Waals surface area (Å²) in [6, 6.07) is 9.90. The van der Waals surface area contributed by atoms with E-state index in [-0.39, 0.29) is 27.6 Å². The molecular weight excluding hydrogens is 398 g/mol. The maximum Gasteiger partial charge on any atom is 0.256 e. The van der Waals surface area contributed by atoms with Crippen molar-refractivity contribution in [3.8, 4) is 0 Å². The van der Waals surface area contributed by atoms with Gasteiger partial charge in [0.25, 0.3) is 5.56 Å². The van der Waals surface area contributed by atoms with Gasteiger partial charge in [-0.2, -0.15) is 4.98 Å². The van der Waals surface area contributed by atoms with Crippen molar-refractivity contribution in [2.24, 2.45) is 12.5 Å². The molecule has 1 spiro atoms. The zero-order chi connectivity index (χ0) is 21.7. The van der Waals surface area contributed by atoms with E-state index in [9.17, 15) is 9.35 Å². The highest BCUT2D eigenvalue weighted by molar-refractivity contribution is 7.90. The van der Waals surface area contributed by atoms with Gasteiger partial charge in [-0.25, -0.2) is 0 Å². The average molecular weight is 430 g/mol. The van der Waals surface area contributed by atoms with Gasteiger partial charge in [0, 0.05) is 43.0 Å². The molecule has 2 heterocycles. The molecule has 1 saturated heterocycles. The van der Waals surface area contributed by atoms with Crippen LogP contribution in [0, 0.1) is 5.41 Å². The summed E-state index contributed by atoms with van der Waals surface area (Å²) in [6.45, 7) is 7.55. The number of nitrogens with zero attached hydrogens (tertiary/aromatic N) is 3. The number of hydrogen-bond donors (Lipinski definition) is 2. The van der Waals surface area contributed by atoms with Crippen LogP contribution in [-0.4, -0.2) is 31.9 Å². The van der Waals surface area contributed by atoms with Gasteiger partial charge in [-0.05, 0) is 51.2 Å². The molecule has 2 aromatic rings. The number of aromatic nitrogens is 2. The number of benzene rings is 1. The third kappa shape index (κ3) is 3.72. The lowest BCUT2D eigenvalue weighted by Gasteiger charge is -2.44. The number of nitrogen functional groups attached to an aromatic ring is 1. The largest absolute Gasteiger partial charge is 0.598 e. The molecule has 0 unspecified atom stereocenters. The molecule has 1 aromatic carbocycles. The van der Waals surface area contributed by atoms with E-state index in [0.717, 1.165) is 32.4 Å². The van der Waals surface area contributed by atoms with Crippen molar-refractivity contribution in [1.29, 1.82) is 0 Å². The van der Waals surface area contributed by atoms with Crippen LogP contribution in [0.5, 0.6) is 0 Å². The SMILES string of the molecule is Cn1c(N2CCC3(CC2)Cc2ccccc2[C@H]3N[S@+]([O-])C(C)(C)C)nc(N)cc1=O.